The van der Waals surface area contributed by atoms with Crippen LogP contribution < -0.4 is 0 Å². The molecule has 62 valence electrons. The number of nitrogens with zero attached hydrogens (tertiary/aromatic N) is 2. The van der Waals surface area contributed by atoms with Crippen molar-refractivity contribution in [2.24, 2.45) is 9.98 Å². The molecule has 0 N–H and O–H groups in total. The molecule has 0 aliphatic carbocycles. The monoisotopic (exact) mass is 152 g/mol. The molecule has 1 aliphatic heterocycles. The van der Waals surface area contributed by atoms with Crippen LogP contribution in [0.1, 0.15) is 33.6 Å². The largest absolute Gasteiger partial charge is 0.286 e. The second kappa shape index (κ2) is 3.65. The lowest BCUT2D eigenvalue weighted by molar-refractivity contribution is 0.742. The first-order valence-electron chi connectivity index (χ1n) is 4.38. The van der Waals surface area contributed by atoms with Gasteiger partial charge in [0.05, 0.1) is 24.0 Å². The zero-order valence-corrected chi connectivity index (χ0v) is 7.59. The van der Waals surface area contributed by atoms with Crippen molar-refractivity contribution in [1.29, 1.82) is 0 Å². The first-order valence-corrected chi connectivity index (χ1v) is 4.38. The van der Waals surface area contributed by atoms with E-state index in [0.717, 1.165) is 19.4 Å². The summed E-state index contributed by atoms with van der Waals surface area (Å²) in [6.07, 6.45) is 2.05. The minimum Gasteiger partial charge on any atom is -0.286 e. The van der Waals surface area contributed by atoms with Crippen LogP contribution in [0.15, 0.2) is 9.98 Å². The van der Waals surface area contributed by atoms with Crippen molar-refractivity contribution in [3.8, 4) is 0 Å². The van der Waals surface area contributed by atoms with Gasteiger partial charge in [-0.3, -0.25) is 9.98 Å². The summed E-state index contributed by atoms with van der Waals surface area (Å²) in [5.41, 5.74) is 2.43. The Morgan fingerprint density at radius 2 is 1.91 bits per heavy atom. The van der Waals surface area contributed by atoms with Crippen LogP contribution in [0.2, 0.25) is 0 Å². The molecule has 0 bridgehead atoms. The van der Waals surface area contributed by atoms with E-state index in [1.165, 1.54) is 11.4 Å². The Balaban J connectivity index is 2.74. The normalized spacial score (nSPS) is 24.5. The Hall–Kier alpha value is -0.660. The molecule has 0 saturated carbocycles. The van der Waals surface area contributed by atoms with Gasteiger partial charge >= 0.3 is 0 Å². The summed E-state index contributed by atoms with van der Waals surface area (Å²) in [4.78, 5) is 9.01. The van der Waals surface area contributed by atoms with E-state index >= 15 is 0 Å². The standard InChI is InChI=1S/C9H16N2/c1-4-8-9(5-2)11-7(3)6-10-8/h7H,4-6H2,1-3H3/t7-/m0/s1. The molecule has 0 unspecified atom stereocenters. The molecule has 1 heterocycles. The van der Waals surface area contributed by atoms with Crippen molar-refractivity contribution in [3.05, 3.63) is 0 Å². The maximum absolute atomic E-state index is 4.54. The average Bonchev–Trinajstić information content (AvgIpc) is 2.04. The first kappa shape index (κ1) is 8.44. The fourth-order valence-electron chi connectivity index (χ4n) is 1.33. The molecule has 2 heteroatoms. The molecular weight excluding hydrogens is 136 g/mol. The van der Waals surface area contributed by atoms with E-state index in [-0.39, 0.29) is 0 Å². The van der Waals surface area contributed by atoms with E-state index in [0.29, 0.717) is 6.04 Å². The van der Waals surface area contributed by atoms with Gasteiger partial charge < -0.3 is 0 Å². The molecule has 0 radical (unpaired) electrons. The smallest absolute Gasteiger partial charge is 0.0670 e. The zero-order chi connectivity index (χ0) is 8.27. The second-order valence-electron chi connectivity index (χ2n) is 2.92. The fraction of sp³-hybridized carbons (Fsp3) is 0.778. The minimum absolute atomic E-state index is 0.403. The maximum atomic E-state index is 4.54. The third kappa shape index (κ3) is 1.88. The second-order valence-corrected chi connectivity index (χ2v) is 2.92. The van der Waals surface area contributed by atoms with E-state index in [9.17, 15) is 0 Å². The zero-order valence-electron chi connectivity index (χ0n) is 7.59. The number of aliphatic imine (C=N–C) groups is 2. The number of hydrogen-bond acceptors (Lipinski definition) is 2. The summed E-state index contributed by atoms with van der Waals surface area (Å²) in [7, 11) is 0. The fourth-order valence-corrected chi connectivity index (χ4v) is 1.33. The molecule has 1 aliphatic rings. The Kier molecular flexibility index (Phi) is 2.80. The van der Waals surface area contributed by atoms with Crippen molar-refractivity contribution < 1.29 is 0 Å². The predicted octanol–water partition coefficient (Wildman–Crippen LogP) is 2.09. The van der Waals surface area contributed by atoms with Gasteiger partial charge in [-0.1, -0.05) is 13.8 Å². The summed E-state index contributed by atoms with van der Waals surface area (Å²) in [6.45, 7) is 7.28. The van der Waals surface area contributed by atoms with Gasteiger partial charge in [0.1, 0.15) is 0 Å². The van der Waals surface area contributed by atoms with E-state index in [1.54, 1.807) is 0 Å². The topological polar surface area (TPSA) is 24.7 Å². The summed E-state index contributed by atoms with van der Waals surface area (Å²) in [5.74, 6) is 0. The first-order chi connectivity index (χ1) is 5.27. The van der Waals surface area contributed by atoms with E-state index < -0.39 is 0 Å². The Bertz CT molecular complexity index is 192. The molecule has 0 aromatic heterocycles. The highest BCUT2D eigenvalue weighted by molar-refractivity contribution is 6.42. The highest BCUT2D eigenvalue weighted by atomic mass is 14.9. The molecule has 1 atom stereocenters. The van der Waals surface area contributed by atoms with Crippen LogP contribution in [-0.4, -0.2) is 24.0 Å². The molecular formula is C9H16N2. The third-order valence-electron chi connectivity index (χ3n) is 1.93. The van der Waals surface area contributed by atoms with Crippen molar-refractivity contribution in [1.82, 2.24) is 0 Å². The summed E-state index contributed by atoms with van der Waals surface area (Å²) >= 11 is 0. The SMILES string of the molecule is CCC1=NC[C@H](C)N=C1CC. The Labute approximate surface area is 68.4 Å². The Morgan fingerprint density at radius 1 is 1.27 bits per heavy atom. The van der Waals surface area contributed by atoms with Crippen LogP contribution in [0, 0.1) is 0 Å². The number of hydrogen-bond donors (Lipinski definition) is 0. The number of rotatable bonds is 2. The quantitative estimate of drug-likeness (QED) is 0.579. The van der Waals surface area contributed by atoms with Gasteiger partial charge in [0, 0.05) is 0 Å². The lowest BCUT2D eigenvalue weighted by atomic mass is 10.1. The molecule has 1 rings (SSSR count). The average molecular weight is 152 g/mol. The van der Waals surface area contributed by atoms with Crippen molar-refractivity contribution in [2.45, 2.75) is 39.7 Å². The van der Waals surface area contributed by atoms with Crippen LogP contribution in [0.25, 0.3) is 0 Å². The van der Waals surface area contributed by atoms with Gasteiger partial charge in [-0.05, 0) is 19.8 Å². The predicted molar refractivity (Wildman–Crippen MR) is 49.8 cm³/mol. The molecule has 0 aromatic rings. The maximum Gasteiger partial charge on any atom is 0.0670 e. The molecule has 0 fully saturated rings. The van der Waals surface area contributed by atoms with Crippen LogP contribution in [0.5, 0.6) is 0 Å². The van der Waals surface area contributed by atoms with E-state index in [4.69, 9.17) is 0 Å². The van der Waals surface area contributed by atoms with Crippen LogP contribution in [0.4, 0.5) is 0 Å². The third-order valence-corrected chi connectivity index (χ3v) is 1.93. The van der Waals surface area contributed by atoms with Gasteiger partial charge in [-0.2, -0.15) is 0 Å². The van der Waals surface area contributed by atoms with Crippen molar-refractivity contribution >= 4 is 11.4 Å². The minimum atomic E-state index is 0.403. The lowest BCUT2D eigenvalue weighted by Gasteiger charge is -2.15. The highest BCUT2D eigenvalue weighted by Gasteiger charge is 2.11. The molecule has 0 aromatic carbocycles. The van der Waals surface area contributed by atoms with Gasteiger partial charge in [0.25, 0.3) is 0 Å². The summed E-state index contributed by atoms with van der Waals surface area (Å²) < 4.78 is 0. The van der Waals surface area contributed by atoms with Crippen molar-refractivity contribution in [2.75, 3.05) is 6.54 Å². The van der Waals surface area contributed by atoms with Crippen LogP contribution in [0.3, 0.4) is 0 Å². The van der Waals surface area contributed by atoms with Crippen LogP contribution >= 0.6 is 0 Å². The molecule has 0 amide bonds. The summed E-state index contributed by atoms with van der Waals surface area (Å²) in [5, 5.41) is 0. The van der Waals surface area contributed by atoms with E-state index in [2.05, 4.69) is 30.8 Å². The van der Waals surface area contributed by atoms with Crippen LogP contribution in [-0.2, 0) is 0 Å². The van der Waals surface area contributed by atoms with Gasteiger partial charge in [0.15, 0.2) is 0 Å². The van der Waals surface area contributed by atoms with Gasteiger partial charge in [-0.15, -0.1) is 0 Å². The molecule has 11 heavy (non-hydrogen) atoms. The van der Waals surface area contributed by atoms with Gasteiger partial charge in [0.2, 0.25) is 0 Å². The molecule has 2 nitrogen and oxygen atoms in total. The van der Waals surface area contributed by atoms with Crippen molar-refractivity contribution in [3.63, 3.8) is 0 Å². The molecule has 0 saturated heterocycles. The summed E-state index contributed by atoms with van der Waals surface area (Å²) in [6, 6.07) is 0.403. The van der Waals surface area contributed by atoms with E-state index in [1.807, 2.05) is 0 Å². The lowest BCUT2D eigenvalue weighted by Crippen LogP contribution is -2.23. The van der Waals surface area contributed by atoms with Gasteiger partial charge in [-0.25, -0.2) is 0 Å². The molecule has 0 spiro atoms. The Morgan fingerprint density at radius 3 is 2.45 bits per heavy atom. The highest BCUT2D eigenvalue weighted by Crippen LogP contribution is 2.06.